The van der Waals surface area contributed by atoms with Gasteiger partial charge in [-0.25, -0.2) is 0 Å². The van der Waals surface area contributed by atoms with Crippen LogP contribution in [-0.4, -0.2) is 37.1 Å². The van der Waals surface area contributed by atoms with E-state index in [-0.39, 0.29) is 17.8 Å². The second-order valence-electron chi connectivity index (χ2n) is 6.03. The number of benzene rings is 1. The minimum Gasteiger partial charge on any atom is -0.469 e. The third-order valence-electron chi connectivity index (χ3n) is 5.11. The molecule has 1 aromatic carbocycles. The summed E-state index contributed by atoms with van der Waals surface area (Å²) in [6, 6.07) is 7.20. The molecule has 0 radical (unpaired) electrons. The largest absolute Gasteiger partial charge is 0.469 e. The van der Waals surface area contributed by atoms with Gasteiger partial charge in [0.1, 0.15) is 0 Å². The van der Waals surface area contributed by atoms with Gasteiger partial charge in [-0.05, 0) is 75.9 Å². The number of carbonyl (C=O) groups excluding carboxylic acids is 1. The lowest BCUT2D eigenvalue weighted by molar-refractivity contribution is -0.150. The Morgan fingerprint density at radius 3 is 2.71 bits per heavy atom. The highest BCUT2D eigenvalue weighted by Crippen LogP contribution is 2.47. The van der Waals surface area contributed by atoms with Gasteiger partial charge in [0.2, 0.25) is 0 Å². The third-order valence-corrected chi connectivity index (χ3v) is 6.99. The summed E-state index contributed by atoms with van der Waals surface area (Å²) in [6.45, 7) is 0. The number of esters is 1. The first-order chi connectivity index (χ1) is 10.0. The second-order valence-corrected chi connectivity index (χ2v) is 7.74. The number of carbonyl (C=O) groups is 1. The predicted molar refractivity (Wildman–Crippen MR) is 89.3 cm³/mol. The first-order valence-corrected chi connectivity index (χ1v) is 8.86. The van der Waals surface area contributed by atoms with E-state index in [0.29, 0.717) is 12.1 Å². The Hall–Kier alpha value is -0.390. The Morgan fingerprint density at radius 2 is 2.05 bits per heavy atom. The van der Waals surface area contributed by atoms with Crippen molar-refractivity contribution in [1.29, 1.82) is 0 Å². The van der Waals surface area contributed by atoms with E-state index in [9.17, 15) is 4.79 Å². The van der Waals surface area contributed by atoms with Gasteiger partial charge >= 0.3 is 5.97 Å². The van der Waals surface area contributed by atoms with Crippen LogP contribution in [0.2, 0.25) is 0 Å². The maximum Gasteiger partial charge on any atom is 0.310 e. The molecule has 2 saturated heterocycles. The molecule has 2 aliphatic rings. The number of piperidine rings is 1. The lowest BCUT2D eigenvalue weighted by Gasteiger charge is -2.41. The summed E-state index contributed by atoms with van der Waals surface area (Å²) in [5.74, 6) is 0.110. The van der Waals surface area contributed by atoms with E-state index in [0.717, 1.165) is 21.8 Å². The fraction of sp³-hybridized carbons (Fsp3) is 0.562. The summed E-state index contributed by atoms with van der Waals surface area (Å²) in [5, 5.41) is 0. The van der Waals surface area contributed by atoms with E-state index >= 15 is 0 Å². The Morgan fingerprint density at radius 1 is 1.29 bits per heavy atom. The number of ether oxygens (including phenoxy) is 1. The van der Waals surface area contributed by atoms with Crippen LogP contribution in [0.15, 0.2) is 27.1 Å². The quantitative estimate of drug-likeness (QED) is 0.683. The van der Waals surface area contributed by atoms with Gasteiger partial charge in [0.15, 0.2) is 0 Å². The molecule has 0 unspecified atom stereocenters. The molecule has 2 aliphatic heterocycles. The minimum atomic E-state index is -0.0729. The van der Waals surface area contributed by atoms with E-state index in [4.69, 9.17) is 4.74 Å². The maximum absolute atomic E-state index is 12.4. The molecule has 0 N–H and O–H groups in total. The van der Waals surface area contributed by atoms with Crippen LogP contribution >= 0.6 is 31.9 Å². The standard InChI is InChI=1S/C16H19Br2NO2/c1-19-10-4-6-14(19)15(16(20)21-2)11(8-10)9-3-5-12(17)13(18)7-9/h3,5,7,10-11,14-15H,4,6,8H2,1-2H3/t10-,11+,14+,15-/m0/s1. The number of rotatable bonds is 2. The Bertz CT molecular complexity index is 563. The van der Waals surface area contributed by atoms with Crippen LogP contribution in [0, 0.1) is 5.92 Å². The van der Waals surface area contributed by atoms with Gasteiger partial charge in [-0.1, -0.05) is 6.07 Å². The molecule has 0 saturated carbocycles. The molecular formula is C16H19Br2NO2. The summed E-state index contributed by atoms with van der Waals surface area (Å²) in [4.78, 5) is 14.7. The average Bonchev–Trinajstić information content (AvgIpc) is 2.72. The van der Waals surface area contributed by atoms with E-state index in [1.807, 2.05) is 6.07 Å². The van der Waals surface area contributed by atoms with Crippen molar-refractivity contribution >= 4 is 37.8 Å². The number of hydrogen-bond donors (Lipinski definition) is 0. The zero-order chi connectivity index (χ0) is 15.1. The van der Waals surface area contributed by atoms with Crippen molar-refractivity contribution in [3.63, 3.8) is 0 Å². The van der Waals surface area contributed by atoms with Gasteiger partial charge in [-0.3, -0.25) is 9.69 Å². The number of hydrogen-bond acceptors (Lipinski definition) is 3. The molecule has 2 bridgehead atoms. The monoisotopic (exact) mass is 415 g/mol. The highest BCUT2D eigenvalue weighted by atomic mass is 79.9. The zero-order valence-corrected chi connectivity index (χ0v) is 15.4. The van der Waals surface area contributed by atoms with E-state index in [2.05, 4.69) is 55.9 Å². The summed E-state index contributed by atoms with van der Waals surface area (Å²) in [5.41, 5.74) is 1.23. The predicted octanol–water partition coefficient (Wildman–Crippen LogP) is 3.95. The SMILES string of the molecule is COC(=O)[C@H]1[C@@H](c2ccc(Br)c(Br)c2)C[C@@H]2CC[C@H]1N2C. The molecular weight excluding hydrogens is 398 g/mol. The first-order valence-electron chi connectivity index (χ1n) is 7.27. The molecule has 0 spiro atoms. The van der Waals surface area contributed by atoms with Crippen molar-refractivity contribution in [3.8, 4) is 0 Å². The molecule has 2 heterocycles. The molecule has 3 rings (SSSR count). The maximum atomic E-state index is 12.4. The number of nitrogens with zero attached hydrogens (tertiary/aromatic N) is 1. The van der Waals surface area contributed by atoms with Gasteiger partial charge in [-0.15, -0.1) is 0 Å². The van der Waals surface area contributed by atoms with E-state index in [1.54, 1.807) is 0 Å². The molecule has 0 aromatic heterocycles. The molecule has 114 valence electrons. The normalized spacial score (nSPS) is 32.2. The highest BCUT2D eigenvalue weighted by Gasteiger charge is 2.49. The summed E-state index contributed by atoms with van der Waals surface area (Å²) < 4.78 is 7.18. The molecule has 21 heavy (non-hydrogen) atoms. The molecule has 0 aliphatic carbocycles. The first kappa shape index (κ1) is 15.5. The van der Waals surface area contributed by atoms with Gasteiger partial charge in [0.25, 0.3) is 0 Å². The molecule has 2 fully saturated rings. The van der Waals surface area contributed by atoms with Crippen molar-refractivity contribution in [2.75, 3.05) is 14.2 Å². The van der Waals surface area contributed by atoms with Crippen LogP contribution in [0.5, 0.6) is 0 Å². The van der Waals surface area contributed by atoms with E-state index in [1.165, 1.54) is 19.1 Å². The Labute approximate surface area is 142 Å². The average molecular weight is 417 g/mol. The third kappa shape index (κ3) is 2.68. The van der Waals surface area contributed by atoms with Gasteiger partial charge in [-0.2, -0.15) is 0 Å². The molecule has 3 nitrogen and oxygen atoms in total. The lowest BCUT2D eigenvalue weighted by Crippen LogP contribution is -2.49. The highest BCUT2D eigenvalue weighted by molar-refractivity contribution is 9.13. The van der Waals surface area contributed by atoms with Crippen molar-refractivity contribution in [3.05, 3.63) is 32.7 Å². The zero-order valence-electron chi connectivity index (χ0n) is 12.2. The number of halogens is 2. The van der Waals surface area contributed by atoms with Crippen LogP contribution in [0.25, 0.3) is 0 Å². The number of methoxy groups -OCH3 is 1. The second kappa shape index (κ2) is 6.01. The summed E-state index contributed by atoms with van der Waals surface area (Å²) in [7, 11) is 3.64. The Balaban J connectivity index is 1.98. The van der Waals surface area contributed by atoms with Crippen LogP contribution in [0.4, 0.5) is 0 Å². The van der Waals surface area contributed by atoms with Crippen molar-refractivity contribution in [2.24, 2.45) is 5.92 Å². The van der Waals surface area contributed by atoms with E-state index < -0.39 is 0 Å². The van der Waals surface area contributed by atoms with Gasteiger partial charge in [0.05, 0.1) is 13.0 Å². The van der Waals surface area contributed by atoms with Crippen LogP contribution < -0.4 is 0 Å². The topological polar surface area (TPSA) is 29.5 Å². The van der Waals surface area contributed by atoms with Crippen molar-refractivity contribution < 1.29 is 9.53 Å². The Kier molecular flexibility index (Phi) is 4.44. The van der Waals surface area contributed by atoms with Crippen LogP contribution in [-0.2, 0) is 9.53 Å². The molecule has 4 atom stereocenters. The fourth-order valence-electron chi connectivity index (χ4n) is 4.01. The molecule has 0 amide bonds. The smallest absolute Gasteiger partial charge is 0.310 e. The summed E-state index contributed by atoms with van der Waals surface area (Å²) in [6.07, 6.45) is 3.30. The van der Waals surface area contributed by atoms with Crippen LogP contribution in [0.1, 0.15) is 30.7 Å². The van der Waals surface area contributed by atoms with Crippen LogP contribution in [0.3, 0.4) is 0 Å². The lowest BCUT2D eigenvalue weighted by atomic mass is 9.76. The summed E-state index contributed by atoms with van der Waals surface area (Å²) >= 11 is 7.08. The number of fused-ring (bicyclic) bond motifs is 2. The fourth-order valence-corrected chi connectivity index (χ4v) is 4.65. The van der Waals surface area contributed by atoms with Crippen molar-refractivity contribution in [2.45, 2.75) is 37.3 Å². The molecule has 1 aromatic rings. The molecule has 5 heteroatoms. The van der Waals surface area contributed by atoms with Gasteiger partial charge < -0.3 is 4.74 Å². The van der Waals surface area contributed by atoms with Gasteiger partial charge in [0, 0.05) is 26.9 Å². The minimum absolute atomic E-state index is 0.0631. The van der Waals surface area contributed by atoms with Crippen molar-refractivity contribution in [1.82, 2.24) is 4.90 Å².